The van der Waals surface area contributed by atoms with Crippen molar-refractivity contribution in [3.05, 3.63) is 35.4 Å². The van der Waals surface area contributed by atoms with Crippen LogP contribution in [0.3, 0.4) is 0 Å². The number of carboxylic acid groups (broad SMARTS) is 1. The molecule has 1 rings (SSSR count). The zero-order chi connectivity index (χ0) is 15.8. The van der Waals surface area contributed by atoms with Gasteiger partial charge in [-0.2, -0.15) is 0 Å². The summed E-state index contributed by atoms with van der Waals surface area (Å²) in [4.78, 5) is 33.9. The molecule has 0 aliphatic rings. The number of carbonyl (C=O) groups excluding carboxylic acids is 2. The molecule has 0 radical (unpaired) electrons. The number of amides is 2. The third-order valence-electron chi connectivity index (χ3n) is 3.04. The lowest BCUT2D eigenvalue weighted by Crippen LogP contribution is -2.37. The number of hydrogen-bond acceptors (Lipinski definition) is 3. The molecule has 0 spiro atoms. The average molecular weight is 292 g/mol. The van der Waals surface area contributed by atoms with Crippen LogP contribution in [0, 0.1) is 12.8 Å². The molecule has 0 saturated carbocycles. The fourth-order valence-electron chi connectivity index (χ4n) is 1.58. The van der Waals surface area contributed by atoms with Gasteiger partial charge in [0.15, 0.2) is 0 Å². The fraction of sp³-hybridized carbons (Fsp3) is 0.400. The van der Waals surface area contributed by atoms with E-state index in [0.717, 1.165) is 5.56 Å². The first-order valence-electron chi connectivity index (χ1n) is 6.74. The van der Waals surface area contributed by atoms with Crippen LogP contribution in [-0.4, -0.2) is 36.0 Å². The molecular weight excluding hydrogens is 272 g/mol. The molecule has 2 amide bonds. The maximum Gasteiger partial charge on any atom is 0.306 e. The predicted octanol–water partition coefficient (Wildman–Crippen LogP) is 0.952. The van der Waals surface area contributed by atoms with E-state index < -0.39 is 11.9 Å². The van der Waals surface area contributed by atoms with Crippen LogP contribution in [-0.2, 0) is 9.59 Å². The maximum atomic E-state index is 11.8. The molecule has 0 aromatic heterocycles. The maximum absolute atomic E-state index is 11.8. The highest BCUT2D eigenvalue weighted by molar-refractivity contribution is 5.96. The molecule has 6 nitrogen and oxygen atoms in total. The normalized spacial score (nSPS) is 11.5. The van der Waals surface area contributed by atoms with E-state index >= 15 is 0 Å². The summed E-state index contributed by atoms with van der Waals surface area (Å²) in [6.45, 7) is 3.64. The summed E-state index contributed by atoms with van der Waals surface area (Å²) >= 11 is 0. The average Bonchev–Trinajstić information content (AvgIpc) is 2.45. The summed E-state index contributed by atoms with van der Waals surface area (Å²) in [5.41, 5.74) is 1.55. The van der Waals surface area contributed by atoms with E-state index in [4.69, 9.17) is 5.11 Å². The van der Waals surface area contributed by atoms with E-state index in [1.165, 1.54) is 0 Å². The number of rotatable bonds is 7. The molecule has 114 valence electrons. The van der Waals surface area contributed by atoms with E-state index in [-0.39, 0.29) is 24.9 Å². The van der Waals surface area contributed by atoms with Crippen LogP contribution in [0.1, 0.15) is 29.3 Å². The van der Waals surface area contributed by atoms with Crippen LogP contribution in [0.4, 0.5) is 0 Å². The highest BCUT2D eigenvalue weighted by Crippen LogP contribution is 2.02. The van der Waals surface area contributed by atoms with Crippen LogP contribution in [0.25, 0.3) is 0 Å². The van der Waals surface area contributed by atoms with E-state index in [2.05, 4.69) is 10.6 Å². The molecule has 3 N–H and O–H groups in total. The highest BCUT2D eigenvalue weighted by atomic mass is 16.4. The van der Waals surface area contributed by atoms with E-state index in [1.54, 1.807) is 19.1 Å². The van der Waals surface area contributed by atoms with Crippen LogP contribution in [0.5, 0.6) is 0 Å². The van der Waals surface area contributed by atoms with Crippen molar-refractivity contribution in [3.8, 4) is 0 Å². The SMILES string of the molecule is Cc1ccc(C(=O)NCC(=O)NCCC(C)C(=O)O)cc1. The highest BCUT2D eigenvalue weighted by Gasteiger charge is 2.11. The lowest BCUT2D eigenvalue weighted by Gasteiger charge is -2.09. The van der Waals surface area contributed by atoms with Crippen molar-refractivity contribution in [1.82, 2.24) is 10.6 Å². The molecule has 1 atom stereocenters. The molecular formula is C15H20N2O4. The summed E-state index contributed by atoms with van der Waals surface area (Å²) < 4.78 is 0. The Kier molecular flexibility index (Phi) is 6.39. The first-order chi connectivity index (χ1) is 9.90. The van der Waals surface area contributed by atoms with Crippen molar-refractivity contribution in [2.45, 2.75) is 20.3 Å². The van der Waals surface area contributed by atoms with E-state index in [1.807, 2.05) is 19.1 Å². The smallest absolute Gasteiger partial charge is 0.306 e. The van der Waals surface area contributed by atoms with Crippen LogP contribution < -0.4 is 10.6 Å². The third-order valence-corrected chi connectivity index (χ3v) is 3.04. The van der Waals surface area contributed by atoms with Gasteiger partial charge in [0.1, 0.15) is 0 Å². The lowest BCUT2D eigenvalue weighted by molar-refractivity contribution is -0.141. The van der Waals surface area contributed by atoms with Crippen molar-refractivity contribution in [2.75, 3.05) is 13.1 Å². The number of aliphatic carboxylic acids is 1. The molecule has 1 aromatic rings. The van der Waals surface area contributed by atoms with Crippen molar-refractivity contribution in [1.29, 1.82) is 0 Å². The first-order valence-corrected chi connectivity index (χ1v) is 6.74. The van der Waals surface area contributed by atoms with Crippen molar-refractivity contribution < 1.29 is 19.5 Å². The minimum atomic E-state index is -0.892. The van der Waals surface area contributed by atoms with E-state index in [0.29, 0.717) is 12.0 Å². The lowest BCUT2D eigenvalue weighted by atomic mass is 10.1. The largest absolute Gasteiger partial charge is 0.481 e. The van der Waals surface area contributed by atoms with Gasteiger partial charge in [-0.3, -0.25) is 14.4 Å². The number of aryl methyl sites for hydroxylation is 1. The van der Waals surface area contributed by atoms with Crippen LogP contribution in [0.15, 0.2) is 24.3 Å². The Balaban J connectivity index is 2.28. The van der Waals surface area contributed by atoms with Gasteiger partial charge in [0.25, 0.3) is 5.91 Å². The quantitative estimate of drug-likeness (QED) is 0.697. The zero-order valence-electron chi connectivity index (χ0n) is 12.2. The molecule has 0 fully saturated rings. The number of carbonyl (C=O) groups is 3. The van der Waals surface area contributed by atoms with Gasteiger partial charge < -0.3 is 15.7 Å². The molecule has 1 unspecified atom stereocenters. The van der Waals surface area contributed by atoms with Gasteiger partial charge in [-0.15, -0.1) is 0 Å². The zero-order valence-corrected chi connectivity index (χ0v) is 12.2. The number of nitrogens with one attached hydrogen (secondary N) is 2. The molecule has 1 aromatic carbocycles. The second-order valence-corrected chi connectivity index (χ2v) is 4.93. The van der Waals surface area contributed by atoms with Crippen molar-refractivity contribution in [3.63, 3.8) is 0 Å². The molecule has 0 saturated heterocycles. The number of benzene rings is 1. The Morgan fingerprint density at radius 3 is 2.33 bits per heavy atom. The van der Waals surface area contributed by atoms with Crippen LogP contribution in [0.2, 0.25) is 0 Å². The van der Waals surface area contributed by atoms with Gasteiger partial charge in [-0.05, 0) is 25.5 Å². The molecule has 0 heterocycles. The third kappa shape index (κ3) is 6.07. The van der Waals surface area contributed by atoms with Crippen LogP contribution >= 0.6 is 0 Å². The molecule has 0 aliphatic heterocycles. The van der Waals surface area contributed by atoms with Gasteiger partial charge in [0.05, 0.1) is 12.5 Å². The van der Waals surface area contributed by atoms with Crippen molar-refractivity contribution in [2.24, 2.45) is 5.92 Å². The monoisotopic (exact) mass is 292 g/mol. The first kappa shape index (κ1) is 16.7. The summed E-state index contributed by atoms with van der Waals surface area (Å²) in [5, 5.41) is 13.8. The van der Waals surface area contributed by atoms with Gasteiger partial charge in [0, 0.05) is 12.1 Å². The predicted molar refractivity (Wildman–Crippen MR) is 77.9 cm³/mol. The minimum absolute atomic E-state index is 0.131. The summed E-state index contributed by atoms with van der Waals surface area (Å²) in [6, 6.07) is 7.03. The topological polar surface area (TPSA) is 95.5 Å². The number of carboxylic acids is 1. The van der Waals surface area contributed by atoms with Gasteiger partial charge in [-0.25, -0.2) is 0 Å². The second kappa shape index (κ2) is 8.04. The molecule has 0 bridgehead atoms. The Morgan fingerprint density at radius 2 is 1.76 bits per heavy atom. The standard InChI is InChI=1S/C15H20N2O4/c1-10-3-5-12(6-4-10)14(19)17-9-13(18)16-8-7-11(2)15(20)21/h3-6,11H,7-9H2,1-2H3,(H,16,18)(H,17,19)(H,20,21). The van der Waals surface area contributed by atoms with Gasteiger partial charge >= 0.3 is 5.97 Å². The fourth-order valence-corrected chi connectivity index (χ4v) is 1.58. The minimum Gasteiger partial charge on any atom is -0.481 e. The molecule has 21 heavy (non-hydrogen) atoms. The van der Waals surface area contributed by atoms with Crippen molar-refractivity contribution >= 4 is 17.8 Å². The second-order valence-electron chi connectivity index (χ2n) is 4.93. The Hall–Kier alpha value is -2.37. The summed E-state index contributed by atoms with van der Waals surface area (Å²) in [6.07, 6.45) is 0.354. The summed E-state index contributed by atoms with van der Waals surface area (Å²) in [5.74, 6) is -2.05. The summed E-state index contributed by atoms with van der Waals surface area (Å²) in [7, 11) is 0. The van der Waals surface area contributed by atoms with Gasteiger partial charge in [-0.1, -0.05) is 24.6 Å². The Labute approximate surface area is 123 Å². The number of hydrogen-bond donors (Lipinski definition) is 3. The van der Waals surface area contributed by atoms with E-state index in [9.17, 15) is 14.4 Å². The Morgan fingerprint density at radius 1 is 1.14 bits per heavy atom. The molecule has 6 heteroatoms. The Bertz CT molecular complexity index is 511. The molecule has 0 aliphatic carbocycles. The van der Waals surface area contributed by atoms with Gasteiger partial charge in [0.2, 0.25) is 5.91 Å².